The van der Waals surface area contributed by atoms with Crippen molar-refractivity contribution in [2.45, 2.75) is 89.5 Å². The average Bonchev–Trinajstić information content (AvgIpc) is 3.32. The van der Waals surface area contributed by atoms with Crippen LogP contribution >= 0.6 is 0 Å². The molecular formula is C42H59K2N9O22S2+2. The number of quaternary nitrogens is 2. The van der Waals surface area contributed by atoms with Crippen LogP contribution in [0.4, 0.5) is 0 Å². The number of ether oxygens (including phenoxy) is 3. The predicted molar refractivity (Wildman–Crippen MR) is 244 cm³/mol. The minimum absolute atomic E-state index is 0. The number of hydroxylamine groups is 4. The monoisotopic (exact) mass is 1180 g/mol. The molecule has 0 saturated carbocycles. The molecule has 5 rings (SSSR count). The van der Waals surface area contributed by atoms with Gasteiger partial charge in [-0.25, -0.2) is 16.8 Å². The van der Waals surface area contributed by atoms with Crippen LogP contribution < -0.4 is 135 Å². The van der Waals surface area contributed by atoms with Gasteiger partial charge < -0.3 is 65.9 Å². The Bertz CT molecular complexity index is 2650. The molecule has 11 N–H and O–H groups in total. The first-order valence-corrected chi connectivity index (χ1v) is 24.7. The number of rotatable bonds is 23. The number of phenols is 1. The summed E-state index contributed by atoms with van der Waals surface area (Å²) in [5.74, 6) is -4.04. The number of oxime groups is 1. The van der Waals surface area contributed by atoms with Crippen LogP contribution in [0.15, 0.2) is 53.7 Å². The Hall–Kier alpha value is -3.77. The predicted octanol–water partition coefficient (Wildman–Crippen LogP) is -10.7. The molecule has 0 radical (unpaired) electrons. The van der Waals surface area contributed by atoms with Crippen LogP contribution in [0, 0.1) is 5.92 Å². The number of carbonyl (C=O) groups excluding carboxylic acids is 9. The van der Waals surface area contributed by atoms with Crippen LogP contribution in [0.5, 0.6) is 11.5 Å². The van der Waals surface area contributed by atoms with Crippen LogP contribution in [0.1, 0.15) is 64.5 Å². The first-order chi connectivity index (χ1) is 34.9. The van der Waals surface area contributed by atoms with E-state index in [4.69, 9.17) is 23.8 Å². The van der Waals surface area contributed by atoms with Crippen LogP contribution in [0.3, 0.4) is 0 Å². The molecule has 416 valence electrons. The number of benzene rings is 2. The van der Waals surface area contributed by atoms with E-state index in [1.165, 1.54) is 6.92 Å². The van der Waals surface area contributed by atoms with Gasteiger partial charge in [-0.05, 0) is 55.8 Å². The quantitative estimate of drug-likeness (QED) is 0.00794. The number of hydrogen-bond acceptors (Lipinski definition) is 23. The van der Waals surface area contributed by atoms with Gasteiger partial charge in [0.2, 0.25) is 50.0 Å². The molecule has 3 saturated heterocycles. The molecule has 0 unspecified atom stereocenters. The molecule has 77 heavy (non-hydrogen) atoms. The number of β-lactam (4-membered cyclic amide) rings is 3. The number of nitrogens with one attached hydrogen (secondary N) is 3. The standard InChI is InChI=1S/C22H26N4O5.C13H23N3O8S.C6H10N2O7S.CO2.2K/c1-14(23)10-11-31-18-8-4-16(5-9-18)20(25-30)21(28)24-19-13-26(22(19)29)12-15-2-6-17(27)7-3-15;1-8(6-10(17)5-4-9(2)14)11(18)15-13(23-3)7-16(12(13)19)24-25(20,21)22;1-4(9)7-6(14-2)3-8(5(6)10)15-16(11,12)13;2-1-3;;/h2-9,14,19,27,30H,10-13,23H2,1H3,(H,24,28);8-9H,4-7,14H2,1-3H3,(H,15,18)(H,20,21,22);3H2,1-2H3,(H,7,9)(H,11,12,13);;;/q;;;;2*+1/b25-20+;;;;;/t14-,19-;8-,9-,13+;6-;;;/m001.../s1. The van der Waals surface area contributed by atoms with Gasteiger partial charge in [-0.2, -0.15) is 28.3 Å². The third-order valence-corrected chi connectivity index (χ3v) is 11.2. The fourth-order valence-corrected chi connectivity index (χ4v) is 7.18. The van der Waals surface area contributed by atoms with Crippen molar-refractivity contribution >= 4 is 73.9 Å². The summed E-state index contributed by atoms with van der Waals surface area (Å²) in [6, 6.07) is 13.0. The van der Waals surface area contributed by atoms with E-state index >= 15 is 0 Å². The van der Waals surface area contributed by atoms with E-state index in [2.05, 4.69) is 41.1 Å². The van der Waals surface area contributed by atoms with Crippen molar-refractivity contribution in [1.82, 2.24) is 31.0 Å². The zero-order chi connectivity index (χ0) is 57.1. The molecule has 3 fully saturated rings. The molecule has 0 aromatic heterocycles. The van der Waals surface area contributed by atoms with Crippen molar-refractivity contribution in [3.8, 4) is 11.5 Å². The van der Waals surface area contributed by atoms with Crippen LogP contribution in [-0.2, 0) is 88.5 Å². The molecule has 3 aliphatic rings. The third-order valence-electron chi connectivity index (χ3n) is 10.5. The summed E-state index contributed by atoms with van der Waals surface area (Å²) in [6.07, 6.45) is 1.98. The smallest absolute Gasteiger partial charge is 0.724 e. The molecule has 6 amide bonds. The van der Waals surface area contributed by atoms with E-state index in [1.807, 2.05) is 13.8 Å². The number of carbonyl (C=O) groups is 7. The molecular weight excluding hydrogens is 1120 g/mol. The summed E-state index contributed by atoms with van der Waals surface area (Å²) in [5.41, 5.74) is 5.31. The molecule has 2 aromatic carbocycles. The van der Waals surface area contributed by atoms with Crippen LogP contribution in [-0.4, -0.2) is 174 Å². The Morgan fingerprint density at radius 1 is 0.831 bits per heavy atom. The molecule has 0 bridgehead atoms. The van der Waals surface area contributed by atoms with E-state index in [1.54, 1.807) is 53.4 Å². The van der Waals surface area contributed by atoms with E-state index < -0.39 is 80.3 Å². The average molecular weight is 1180 g/mol. The number of phenolic OH excluding ortho intramolecular Hbond substituents is 1. The van der Waals surface area contributed by atoms with Gasteiger partial charge in [-0.15, -0.1) is 0 Å². The summed E-state index contributed by atoms with van der Waals surface area (Å²) in [7, 11) is -7.85. The fraction of sp³-hybridized carbons (Fsp3) is 0.500. The Morgan fingerprint density at radius 3 is 1.71 bits per heavy atom. The molecule has 31 nitrogen and oxygen atoms in total. The maximum Gasteiger partial charge on any atom is 1.00 e. The maximum absolute atomic E-state index is 12.5. The fourth-order valence-electron chi connectivity index (χ4n) is 6.50. The number of methoxy groups -OCH3 is 2. The zero-order valence-corrected chi connectivity index (χ0v) is 51.3. The van der Waals surface area contributed by atoms with E-state index in [0.717, 1.165) is 33.1 Å². The Morgan fingerprint density at radius 2 is 1.31 bits per heavy atom. The Labute approximate surface area is 527 Å². The third kappa shape index (κ3) is 24.2. The number of amides is 6. The van der Waals surface area contributed by atoms with Crippen LogP contribution in [0.2, 0.25) is 0 Å². The van der Waals surface area contributed by atoms with Crippen molar-refractivity contribution in [2.75, 3.05) is 40.5 Å². The number of Topliss-reactive ketones (excluding diaryl/α,β-unsaturated/α-hetero) is 1. The summed E-state index contributed by atoms with van der Waals surface area (Å²) >= 11 is 0. The minimum atomic E-state index is -5.11. The Balaban J connectivity index is 0.00000113. The maximum atomic E-state index is 12.5. The second-order valence-electron chi connectivity index (χ2n) is 16.9. The molecule has 35 heteroatoms. The zero-order valence-electron chi connectivity index (χ0n) is 43.4. The number of aromatic hydroxyl groups is 1. The molecule has 0 aliphatic carbocycles. The van der Waals surface area contributed by atoms with Gasteiger partial charge in [0.05, 0.1) is 25.2 Å². The summed E-state index contributed by atoms with van der Waals surface area (Å²) in [6.45, 7) is 6.97. The molecule has 2 aromatic rings. The first-order valence-electron chi connectivity index (χ1n) is 22.0. The topological polar surface area (TPSA) is 468 Å². The van der Waals surface area contributed by atoms with E-state index in [-0.39, 0.29) is 156 Å². The van der Waals surface area contributed by atoms with Gasteiger partial charge in [-0.3, -0.25) is 33.6 Å². The normalized spacial score (nSPS) is 19.7. The van der Waals surface area contributed by atoms with Gasteiger partial charge in [0, 0.05) is 64.9 Å². The van der Waals surface area contributed by atoms with Crippen molar-refractivity contribution in [3.63, 3.8) is 0 Å². The molecule has 3 heterocycles. The Kier molecular flexibility index (Phi) is 32.1. The second kappa shape index (κ2) is 33.7. The van der Waals surface area contributed by atoms with Gasteiger partial charge in [0.25, 0.3) is 5.91 Å². The summed E-state index contributed by atoms with van der Waals surface area (Å²) in [4.78, 5) is 101. The molecule has 3 aliphatic heterocycles. The molecule has 6 atom stereocenters. The second-order valence-corrected chi connectivity index (χ2v) is 18.8. The number of ketones is 1. The first kappa shape index (κ1) is 73.2. The van der Waals surface area contributed by atoms with E-state index in [0.29, 0.717) is 55.0 Å². The summed E-state index contributed by atoms with van der Waals surface area (Å²) < 4.78 is 85.1. The summed E-state index contributed by atoms with van der Waals surface area (Å²) in [5, 5.41) is 29.4. The van der Waals surface area contributed by atoms with Gasteiger partial charge in [0.15, 0.2) is 5.71 Å². The molecule has 0 spiro atoms. The number of nitrogens with zero attached hydrogens (tertiary/aromatic N) is 4. The minimum Gasteiger partial charge on any atom is -0.724 e. The van der Waals surface area contributed by atoms with Crippen LogP contribution in [0.25, 0.3) is 0 Å². The van der Waals surface area contributed by atoms with Crippen molar-refractivity contribution in [3.05, 3.63) is 59.7 Å². The largest absolute Gasteiger partial charge is 1.00 e. The number of hydrogen-bond donors (Lipinski definition) is 7. The van der Waals surface area contributed by atoms with Gasteiger partial charge in [-0.1, -0.05) is 24.2 Å². The van der Waals surface area contributed by atoms with Crippen molar-refractivity contribution in [2.24, 2.45) is 11.1 Å². The van der Waals surface area contributed by atoms with Gasteiger partial charge in [0.1, 0.15) is 36.4 Å². The van der Waals surface area contributed by atoms with Gasteiger partial charge >= 0.3 is 121 Å². The van der Waals surface area contributed by atoms with E-state index in [9.17, 15) is 69.8 Å². The SMILES string of the molecule is CO[C@]1(NC(=O)[C@@H](C)CC(=O)CC[C@H](C)[NH3+])CN(OS(=O)(=O)[O-])C1=O.CO[C@]1(NC(C)=O)CN(OS(=O)(=O)[O-])C1=O.C[C@H]([NH3+])CCOc1ccc(/C(=N\O)C(=O)N[C@H]2CN(Cc3ccc(O)cc3)C2=O)cc1.O=C=O.[K+].[K+]. The van der Waals surface area contributed by atoms with Crippen molar-refractivity contribution < 1.29 is 216 Å². The van der Waals surface area contributed by atoms with Crippen molar-refractivity contribution in [1.29, 1.82) is 0 Å². The number of likely N-dealkylation sites (tertiary alicyclic amines) is 1.